The normalized spacial score (nSPS) is 11.0. The van der Waals surface area contributed by atoms with E-state index in [1.54, 1.807) is 6.20 Å². The summed E-state index contributed by atoms with van der Waals surface area (Å²) < 4.78 is 1.94. The quantitative estimate of drug-likeness (QED) is 0.766. The summed E-state index contributed by atoms with van der Waals surface area (Å²) in [5.41, 5.74) is 7.73. The SMILES string of the molecule is Cc1nnc2c(N(CCN)Cc3ccccc3)nccn12. The van der Waals surface area contributed by atoms with E-state index in [1.807, 2.05) is 35.7 Å². The number of fused-ring (bicyclic) bond motifs is 1. The Kier molecular flexibility index (Phi) is 3.79. The molecule has 0 unspecified atom stereocenters. The van der Waals surface area contributed by atoms with Crippen LogP contribution in [-0.4, -0.2) is 32.7 Å². The molecule has 6 nitrogen and oxygen atoms in total. The van der Waals surface area contributed by atoms with Crippen molar-refractivity contribution in [3.63, 3.8) is 0 Å². The fourth-order valence-electron chi connectivity index (χ4n) is 2.37. The van der Waals surface area contributed by atoms with Crippen molar-refractivity contribution in [1.82, 2.24) is 19.6 Å². The second kappa shape index (κ2) is 5.88. The van der Waals surface area contributed by atoms with Gasteiger partial charge in [0.25, 0.3) is 0 Å². The predicted molar refractivity (Wildman–Crippen MR) is 82.1 cm³/mol. The molecule has 0 amide bonds. The lowest BCUT2D eigenvalue weighted by Gasteiger charge is -2.23. The molecule has 6 heteroatoms. The van der Waals surface area contributed by atoms with Gasteiger partial charge >= 0.3 is 0 Å². The predicted octanol–water partition coefficient (Wildman–Crippen LogP) is 1.40. The van der Waals surface area contributed by atoms with Crippen molar-refractivity contribution < 1.29 is 0 Å². The number of hydrogen-bond acceptors (Lipinski definition) is 5. The molecule has 2 aromatic heterocycles. The molecular formula is C15H18N6. The minimum atomic E-state index is 0.558. The number of nitrogens with two attached hydrogens (primary N) is 1. The first-order valence-corrected chi connectivity index (χ1v) is 6.95. The molecule has 0 radical (unpaired) electrons. The van der Waals surface area contributed by atoms with Crippen LogP contribution in [0.4, 0.5) is 5.82 Å². The molecule has 0 aliphatic heterocycles. The Labute approximate surface area is 123 Å². The van der Waals surface area contributed by atoms with Crippen LogP contribution in [0.5, 0.6) is 0 Å². The molecule has 108 valence electrons. The van der Waals surface area contributed by atoms with Crippen LogP contribution >= 0.6 is 0 Å². The van der Waals surface area contributed by atoms with Crippen molar-refractivity contribution in [3.05, 3.63) is 54.1 Å². The van der Waals surface area contributed by atoms with Gasteiger partial charge in [0.2, 0.25) is 5.65 Å². The average Bonchev–Trinajstić information content (AvgIpc) is 2.90. The molecule has 3 rings (SSSR count). The standard InChI is InChI=1S/C15H18N6/c1-12-18-19-15-14(17-8-10-21(12)15)20(9-7-16)11-13-5-3-2-4-6-13/h2-6,8,10H,7,9,11,16H2,1H3. The Bertz CT molecular complexity index is 721. The van der Waals surface area contributed by atoms with E-state index < -0.39 is 0 Å². The third-order valence-corrected chi connectivity index (χ3v) is 3.39. The zero-order valence-electron chi connectivity index (χ0n) is 12.0. The van der Waals surface area contributed by atoms with Crippen LogP contribution in [0.2, 0.25) is 0 Å². The Morgan fingerprint density at radius 1 is 1.19 bits per heavy atom. The first-order chi connectivity index (χ1) is 10.3. The molecule has 0 saturated carbocycles. The average molecular weight is 282 g/mol. The van der Waals surface area contributed by atoms with Crippen LogP contribution in [0, 0.1) is 6.92 Å². The summed E-state index contributed by atoms with van der Waals surface area (Å²) in [5, 5.41) is 8.35. The lowest BCUT2D eigenvalue weighted by molar-refractivity contribution is 0.774. The number of anilines is 1. The maximum atomic E-state index is 5.76. The third kappa shape index (κ3) is 2.71. The first kappa shape index (κ1) is 13.5. The Morgan fingerprint density at radius 2 is 2.00 bits per heavy atom. The summed E-state index contributed by atoms with van der Waals surface area (Å²) in [5.74, 6) is 1.66. The zero-order chi connectivity index (χ0) is 14.7. The second-order valence-corrected chi connectivity index (χ2v) is 4.89. The molecule has 0 saturated heterocycles. The van der Waals surface area contributed by atoms with E-state index >= 15 is 0 Å². The highest BCUT2D eigenvalue weighted by Crippen LogP contribution is 2.19. The van der Waals surface area contributed by atoms with Crippen LogP contribution in [0.1, 0.15) is 11.4 Å². The van der Waals surface area contributed by atoms with Crippen LogP contribution in [0.15, 0.2) is 42.7 Å². The van der Waals surface area contributed by atoms with Gasteiger partial charge in [-0.15, -0.1) is 10.2 Å². The molecular weight excluding hydrogens is 264 g/mol. The smallest absolute Gasteiger partial charge is 0.203 e. The molecule has 0 bridgehead atoms. The van der Waals surface area contributed by atoms with Crippen molar-refractivity contribution in [1.29, 1.82) is 0 Å². The van der Waals surface area contributed by atoms with Crippen molar-refractivity contribution in [2.24, 2.45) is 5.73 Å². The van der Waals surface area contributed by atoms with Gasteiger partial charge in [-0.25, -0.2) is 4.98 Å². The number of benzene rings is 1. The molecule has 0 aliphatic carbocycles. The monoisotopic (exact) mass is 282 g/mol. The number of hydrogen-bond donors (Lipinski definition) is 1. The topological polar surface area (TPSA) is 72.3 Å². The van der Waals surface area contributed by atoms with Crippen molar-refractivity contribution in [2.45, 2.75) is 13.5 Å². The molecule has 21 heavy (non-hydrogen) atoms. The highest BCUT2D eigenvalue weighted by Gasteiger charge is 2.14. The van der Waals surface area contributed by atoms with Gasteiger partial charge in [0, 0.05) is 32.0 Å². The minimum absolute atomic E-state index is 0.558. The van der Waals surface area contributed by atoms with Crippen molar-refractivity contribution in [2.75, 3.05) is 18.0 Å². The number of rotatable bonds is 5. The van der Waals surface area contributed by atoms with Crippen LogP contribution in [0.25, 0.3) is 5.65 Å². The van der Waals surface area contributed by atoms with Gasteiger partial charge in [-0.2, -0.15) is 0 Å². The third-order valence-electron chi connectivity index (χ3n) is 3.39. The summed E-state index contributed by atoms with van der Waals surface area (Å²) in [4.78, 5) is 6.62. The summed E-state index contributed by atoms with van der Waals surface area (Å²) >= 11 is 0. The molecule has 0 fully saturated rings. The highest BCUT2D eigenvalue weighted by atomic mass is 15.3. The minimum Gasteiger partial charge on any atom is -0.348 e. The molecule has 2 heterocycles. The van der Waals surface area contributed by atoms with E-state index in [4.69, 9.17) is 5.73 Å². The highest BCUT2D eigenvalue weighted by molar-refractivity contribution is 5.63. The van der Waals surface area contributed by atoms with E-state index in [-0.39, 0.29) is 0 Å². The molecule has 3 aromatic rings. The Balaban J connectivity index is 1.99. The van der Waals surface area contributed by atoms with Crippen molar-refractivity contribution in [3.8, 4) is 0 Å². The second-order valence-electron chi connectivity index (χ2n) is 4.89. The van der Waals surface area contributed by atoms with Gasteiger partial charge < -0.3 is 10.6 Å². The Hall–Kier alpha value is -2.47. The lowest BCUT2D eigenvalue weighted by Crippen LogP contribution is -2.30. The first-order valence-electron chi connectivity index (χ1n) is 6.95. The largest absolute Gasteiger partial charge is 0.348 e. The molecule has 0 atom stereocenters. The van der Waals surface area contributed by atoms with E-state index in [0.29, 0.717) is 13.1 Å². The lowest BCUT2D eigenvalue weighted by atomic mass is 10.2. The van der Waals surface area contributed by atoms with Gasteiger partial charge in [0.05, 0.1) is 0 Å². The van der Waals surface area contributed by atoms with Crippen LogP contribution in [-0.2, 0) is 6.54 Å². The summed E-state index contributed by atoms with van der Waals surface area (Å²) in [7, 11) is 0. The van der Waals surface area contributed by atoms with E-state index in [9.17, 15) is 0 Å². The summed E-state index contributed by atoms with van der Waals surface area (Å²) in [6.45, 7) is 3.95. The number of nitrogens with zero attached hydrogens (tertiary/aromatic N) is 5. The van der Waals surface area contributed by atoms with E-state index in [2.05, 4.69) is 32.2 Å². The van der Waals surface area contributed by atoms with Gasteiger partial charge in [-0.05, 0) is 12.5 Å². The van der Waals surface area contributed by atoms with Gasteiger partial charge in [-0.1, -0.05) is 30.3 Å². The van der Waals surface area contributed by atoms with Gasteiger partial charge in [0.1, 0.15) is 5.82 Å². The molecule has 2 N–H and O–H groups in total. The summed E-state index contributed by atoms with van der Waals surface area (Å²) in [6, 6.07) is 10.3. The van der Waals surface area contributed by atoms with Crippen LogP contribution in [0.3, 0.4) is 0 Å². The van der Waals surface area contributed by atoms with Gasteiger partial charge in [0.15, 0.2) is 5.82 Å². The fraction of sp³-hybridized carbons (Fsp3) is 0.267. The molecule has 1 aromatic carbocycles. The fourth-order valence-corrected chi connectivity index (χ4v) is 2.37. The van der Waals surface area contributed by atoms with Crippen molar-refractivity contribution >= 4 is 11.5 Å². The summed E-state index contributed by atoms with van der Waals surface area (Å²) in [6.07, 6.45) is 3.64. The zero-order valence-corrected chi connectivity index (χ0v) is 12.0. The van der Waals surface area contributed by atoms with Crippen LogP contribution < -0.4 is 10.6 Å². The van der Waals surface area contributed by atoms with Gasteiger partial charge in [-0.3, -0.25) is 4.40 Å². The number of aromatic nitrogens is 4. The number of aryl methyl sites for hydroxylation is 1. The molecule has 0 spiro atoms. The van der Waals surface area contributed by atoms with E-state index in [0.717, 1.165) is 23.8 Å². The maximum absolute atomic E-state index is 5.76. The maximum Gasteiger partial charge on any atom is 0.203 e. The Morgan fingerprint density at radius 3 is 2.76 bits per heavy atom. The molecule has 0 aliphatic rings. The van der Waals surface area contributed by atoms with E-state index in [1.165, 1.54) is 5.56 Å².